The number of carbonyl (C=O) groups is 2. The van der Waals surface area contributed by atoms with Crippen LogP contribution in [-0.4, -0.2) is 54.0 Å². The number of hydrogen-bond acceptors (Lipinski definition) is 10. The summed E-state index contributed by atoms with van der Waals surface area (Å²) in [5.41, 5.74) is 0.405. The number of aromatic nitrogens is 2. The van der Waals surface area contributed by atoms with Crippen LogP contribution in [0.3, 0.4) is 0 Å². The second-order valence-electron chi connectivity index (χ2n) is 11.1. The molecule has 0 amide bonds. The molecule has 1 saturated carbocycles. The van der Waals surface area contributed by atoms with Gasteiger partial charge in [0.05, 0.1) is 28.0 Å². The van der Waals surface area contributed by atoms with Crippen molar-refractivity contribution in [2.45, 2.75) is 69.2 Å². The Labute approximate surface area is 257 Å². The van der Waals surface area contributed by atoms with E-state index >= 15 is 0 Å². The highest BCUT2D eigenvalue weighted by Gasteiger charge is 2.45. The van der Waals surface area contributed by atoms with Gasteiger partial charge in [-0.15, -0.1) is 0 Å². The lowest BCUT2D eigenvalue weighted by Crippen LogP contribution is -2.46. The highest BCUT2D eigenvalue weighted by Crippen LogP contribution is 2.48. The molecule has 2 aliphatic heterocycles. The lowest BCUT2D eigenvalue weighted by Gasteiger charge is -2.38. The number of thiazole rings is 1. The Morgan fingerprint density at radius 2 is 1.86 bits per heavy atom. The van der Waals surface area contributed by atoms with Crippen LogP contribution in [-0.2, 0) is 9.47 Å². The third-order valence-corrected chi connectivity index (χ3v) is 9.67. The first-order valence-electron chi connectivity index (χ1n) is 14.1. The summed E-state index contributed by atoms with van der Waals surface area (Å²) in [6, 6.07) is 6.97. The van der Waals surface area contributed by atoms with Gasteiger partial charge in [0.1, 0.15) is 28.6 Å². The number of methoxy groups -OCH3 is 1. The molecule has 4 heterocycles. The minimum atomic E-state index is -3.11. The van der Waals surface area contributed by atoms with Gasteiger partial charge in [0.2, 0.25) is 0 Å². The molecule has 7 rings (SSSR count). The van der Waals surface area contributed by atoms with Crippen molar-refractivity contribution in [1.82, 2.24) is 10.1 Å². The minimum Gasteiger partial charge on any atom is -0.465 e. The van der Waals surface area contributed by atoms with Gasteiger partial charge in [0.15, 0.2) is 16.7 Å². The second kappa shape index (κ2) is 11.3. The van der Waals surface area contributed by atoms with Crippen molar-refractivity contribution in [3.05, 3.63) is 58.1 Å². The molecule has 4 aromatic rings. The Bertz CT molecular complexity index is 1760. The summed E-state index contributed by atoms with van der Waals surface area (Å²) in [7, 11) is 1.24. The predicted octanol–water partition coefficient (Wildman–Crippen LogP) is 7.37. The van der Waals surface area contributed by atoms with Gasteiger partial charge in [-0.2, -0.15) is 8.78 Å². The fourth-order valence-corrected chi connectivity index (χ4v) is 7.71. The van der Waals surface area contributed by atoms with Gasteiger partial charge in [-0.3, -0.25) is 0 Å². The SMILES string of the molecule is COC(=O)c1cc(F)c2nc(N3[C@@H]4CC[C@H]3C[C@@H](OC(=O)c3c(-c5c(Cl)cccc5OC(F)F)noc3C3CC3)C4)sc2c1. The lowest BCUT2D eigenvalue weighted by atomic mass is 9.99. The topological polar surface area (TPSA) is 104 Å². The summed E-state index contributed by atoms with van der Waals surface area (Å²) >= 11 is 7.70. The monoisotopic (exact) mass is 647 g/mol. The van der Waals surface area contributed by atoms with E-state index in [0.29, 0.717) is 28.4 Å². The third kappa shape index (κ3) is 5.15. The molecular weight excluding hydrogens is 623 g/mol. The van der Waals surface area contributed by atoms with E-state index in [2.05, 4.69) is 19.8 Å². The fourth-order valence-electron chi connectivity index (χ4n) is 6.29. The Kier molecular flexibility index (Phi) is 7.40. The number of halogens is 4. The summed E-state index contributed by atoms with van der Waals surface area (Å²) in [4.78, 5) is 32.4. The number of benzene rings is 2. The van der Waals surface area contributed by atoms with Gasteiger partial charge in [-0.1, -0.05) is 34.2 Å². The molecule has 2 bridgehead atoms. The molecule has 0 unspecified atom stereocenters. The first kappa shape index (κ1) is 28.9. The number of carbonyl (C=O) groups excluding carboxylic acids is 2. The molecule has 2 saturated heterocycles. The van der Waals surface area contributed by atoms with Crippen molar-refractivity contribution >= 4 is 50.2 Å². The number of nitrogens with zero attached hydrogens (tertiary/aromatic N) is 3. The Hall–Kier alpha value is -3.84. The quantitative estimate of drug-likeness (QED) is 0.181. The number of rotatable bonds is 8. The number of esters is 2. The number of alkyl halides is 2. The largest absolute Gasteiger partial charge is 0.465 e. The first-order chi connectivity index (χ1) is 21.2. The Balaban J connectivity index is 1.14. The molecule has 3 fully saturated rings. The number of anilines is 1. The molecule has 44 heavy (non-hydrogen) atoms. The van der Waals surface area contributed by atoms with Crippen molar-refractivity contribution in [3.8, 4) is 17.0 Å². The van der Waals surface area contributed by atoms with Crippen molar-refractivity contribution in [2.75, 3.05) is 12.0 Å². The van der Waals surface area contributed by atoms with E-state index in [-0.39, 0.29) is 56.7 Å². The smallest absolute Gasteiger partial charge is 0.387 e. The van der Waals surface area contributed by atoms with Gasteiger partial charge in [-0.05, 0) is 49.9 Å². The maximum Gasteiger partial charge on any atom is 0.387 e. The van der Waals surface area contributed by atoms with Crippen molar-refractivity contribution in [3.63, 3.8) is 0 Å². The van der Waals surface area contributed by atoms with Crippen molar-refractivity contribution in [1.29, 1.82) is 0 Å². The molecule has 9 nitrogen and oxygen atoms in total. The number of ether oxygens (including phenoxy) is 3. The molecule has 2 aromatic carbocycles. The molecule has 230 valence electrons. The van der Waals surface area contributed by atoms with Crippen LogP contribution in [0.1, 0.15) is 70.9 Å². The maximum absolute atomic E-state index is 14.8. The van der Waals surface area contributed by atoms with E-state index in [1.54, 1.807) is 6.07 Å². The van der Waals surface area contributed by atoms with E-state index in [1.165, 1.54) is 36.6 Å². The normalized spacial score (nSPS) is 21.2. The Morgan fingerprint density at radius 1 is 1.11 bits per heavy atom. The van der Waals surface area contributed by atoms with Crippen LogP contribution in [0.25, 0.3) is 21.5 Å². The highest BCUT2D eigenvalue weighted by molar-refractivity contribution is 7.22. The van der Waals surface area contributed by atoms with Crippen LogP contribution in [0.4, 0.5) is 18.3 Å². The van der Waals surface area contributed by atoms with E-state index in [9.17, 15) is 22.8 Å². The molecule has 3 aliphatic rings. The van der Waals surface area contributed by atoms with E-state index in [4.69, 9.17) is 25.6 Å². The molecule has 1 aliphatic carbocycles. The van der Waals surface area contributed by atoms with Gasteiger partial charge >= 0.3 is 18.6 Å². The standard InChI is InChI=1S/C30H25ClF3N3O6S/c1-40-27(38)14-9-19(32)24-21(10-14)44-30(35-24)37-15-7-8-16(37)12-17(11-15)41-28(39)23-25(36-43-26(23)13-5-6-13)22-18(31)3-2-4-20(22)42-29(33)34/h2-4,9-10,13,15-17,29H,5-8,11-12H2,1H3/t15-,16+,17+. The predicted molar refractivity (Wildman–Crippen MR) is 154 cm³/mol. The third-order valence-electron chi connectivity index (χ3n) is 8.34. The van der Waals surface area contributed by atoms with Gasteiger partial charge in [-0.25, -0.2) is 19.0 Å². The molecule has 0 radical (unpaired) electrons. The van der Waals surface area contributed by atoms with Gasteiger partial charge in [0, 0.05) is 30.8 Å². The lowest BCUT2D eigenvalue weighted by molar-refractivity contribution is -0.0494. The average Bonchev–Trinajstić information content (AvgIpc) is 3.48. The maximum atomic E-state index is 14.8. The minimum absolute atomic E-state index is 0.00128. The summed E-state index contributed by atoms with van der Waals surface area (Å²) in [5, 5.41) is 4.79. The summed E-state index contributed by atoms with van der Waals surface area (Å²) < 4.78 is 62.8. The van der Waals surface area contributed by atoms with Crippen LogP contribution >= 0.6 is 22.9 Å². The number of hydrogen-bond donors (Lipinski definition) is 0. The van der Waals surface area contributed by atoms with Gasteiger partial charge < -0.3 is 23.6 Å². The molecule has 14 heteroatoms. The van der Waals surface area contributed by atoms with Crippen LogP contribution in [0.15, 0.2) is 34.9 Å². The van der Waals surface area contributed by atoms with Crippen LogP contribution < -0.4 is 9.64 Å². The summed E-state index contributed by atoms with van der Waals surface area (Å²) in [6.45, 7) is -3.11. The zero-order chi connectivity index (χ0) is 30.7. The average molecular weight is 648 g/mol. The zero-order valence-corrected chi connectivity index (χ0v) is 24.8. The van der Waals surface area contributed by atoms with Crippen molar-refractivity contribution < 1.29 is 41.5 Å². The van der Waals surface area contributed by atoms with Crippen LogP contribution in [0.2, 0.25) is 5.02 Å². The zero-order valence-electron chi connectivity index (χ0n) is 23.2. The second-order valence-corrected chi connectivity index (χ2v) is 12.5. The van der Waals surface area contributed by atoms with E-state index in [1.807, 2.05) is 0 Å². The molecular formula is C30H25ClF3N3O6S. The van der Waals surface area contributed by atoms with Crippen LogP contribution in [0.5, 0.6) is 5.75 Å². The first-order valence-corrected chi connectivity index (χ1v) is 15.3. The van der Waals surface area contributed by atoms with E-state index < -0.39 is 30.5 Å². The molecule has 0 N–H and O–H groups in total. The Morgan fingerprint density at radius 3 is 2.55 bits per heavy atom. The van der Waals surface area contributed by atoms with Gasteiger partial charge in [0.25, 0.3) is 0 Å². The molecule has 3 atom stereocenters. The summed E-state index contributed by atoms with van der Waals surface area (Å²) in [6.07, 6.45) is 3.85. The highest BCUT2D eigenvalue weighted by atomic mass is 35.5. The molecule has 2 aromatic heterocycles. The number of piperidine rings is 1. The number of fused-ring (bicyclic) bond motifs is 3. The molecule has 0 spiro atoms. The summed E-state index contributed by atoms with van der Waals surface area (Å²) in [5.74, 6) is -1.81. The van der Waals surface area contributed by atoms with Crippen LogP contribution in [0, 0.1) is 5.82 Å². The fraction of sp³-hybridized carbons (Fsp3) is 0.400. The van der Waals surface area contributed by atoms with Crippen molar-refractivity contribution in [2.24, 2.45) is 0 Å². The van der Waals surface area contributed by atoms with E-state index in [0.717, 1.165) is 31.7 Å².